The van der Waals surface area contributed by atoms with Crippen molar-refractivity contribution in [2.75, 3.05) is 10.6 Å². The standard InChI is InChI=1S/C20H19Cl3N2O2/c1-20(2,3)18(26)11-17(25-16-9-6-13(22)10-15(16)23)19(27)24-14-7-4-12(21)5-8-14/h4-11,25H,1-3H3,(H,24,27). The highest BCUT2D eigenvalue weighted by molar-refractivity contribution is 6.36. The number of anilines is 2. The van der Waals surface area contributed by atoms with Crippen LogP contribution in [0.3, 0.4) is 0 Å². The molecule has 0 spiro atoms. The molecule has 1 amide bonds. The van der Waals surface area contributed by atoms with Crippen molar-refractivity contribution in [2.45, 2.75) is 20.8 Å². The summed E-state index contributed by atoms with van der Waals surface area (Å²) in [6, 6.07) is 11.5. The van der Waals surface area contributed by atoms with Crippen molar-refractivity contribution in [3.05, 3.63) is 69.3 Å². The third-order valence-corrected chi connectivity index (χ3v) is 4.36. The molecule has 0 aliphatic rings. The Kier molecular flexibility index (Phi) is 6.93. The summed E-state index contributed by atoms with van der Waals surface area (Å²) in [4.78, 5) is 25.2. The van der Waals surface area contributed by atoms with Crippen LogP contribution in [-0.2, 0) is 9.59 Å². The first kappa shape index (κ1) is 21.3. The Morgan fingerprint density at radius 3 is 2.04 bits per heavy atom. The van der Waals surface area contributed by atoms with Crippen molar-refractivity contribution in [1.29, 1.82) is 0 Å². The summed E-state index contributed by atoms with van der Waals surface area (Å²) in [5.74, 6) is -0.692. The maximum Gasteiger partial charge on any atom is 0.272 e. The van der Waals surface area contributed by atoms with Gasteiger partial charge in [-0.15, -0.1) is 0 Å². The van der Waals surface area contributed by atoms with Gasteiger partial charge in [0.2, 0.25) is 0 Å². The van der Waals surface area contributed by atoms with Crippen LogP contribution in [0.4, 0.5) is 11.4 Å². The molecule has 0 radical (unpaired) electrons. The molecule has 4 nitrogen and oxygen atoms in total. The van der Waals surface area contributed by atoms with E-state index >= 15 is 0 Å². The topological polar surface area (TPSA) is 58.2 Å². The van der Waals surface area contributed by atoms with E-state index in [2.05, 4.69) is 10.6 Å². The highest BCUT2D eigenvalue weighted by atomic mass is 35.5. The van der Waals surface area contributed by atoms with Gasteiger partial charge < -0.3 is 10.6 Å². The summed E-state index contributed by atoms with van der Waals surface area (Å²) >= 11 is 17.9. The fourth-order valence-electron chi connectivity index (χ4n) is 1.97. The van der Waals surface area contributed by atoms with Gasteiger partial charge in [-0.2, -0.15) is 0 Å². The van der Waals surface area contributed by atoms with Gasteiger partial charge in [0.15, 0.2) is 5.78 Å². The number of carbonyl (C=O) groups excluding carboxylic acids is 2. The molecule has 0 aliphatic heterocycles. The second kappa shape index (κ2) is 8.79. The Bertz CT molecular complexity index is 885. The lowest BCUT2D eigenvalue weighted by Gasteiger charge is -2.17. The number of carbonyl (C=O) groups is 2. The van der Waals surface area contributed by atoms with E-state index < -0.39 is 11.3 Å². The lowest BCUT2D eigenvalue weighted by Crippen LogP contribution is -2.24. The minimum atomic E-state index is -0.642. The molecule has 0 atom stereocenters. The van der Waals surface area contributed by atoms with Crippen molar-refractivity contribution >= 4 is 57.9 Å². The zero-order chi connectivity index (χ0) is 20.2. The van der Waals surface area contributed by atoms with Crippen molar-refractivity contribution in [2.24, 2.45) is 5.41 Å². The molecule has 2 rings (SSSR count). The minimum Gasteiger partial charge on any atom is -0.350 e. The minimum absolute atomic E-state index is 0.0640. The normalized spacial score (nSPS) is 11.9. The Labute approximate surface area is 173 Å². The molecule has 0 aromatic heterocycles. The molecule has 27 heavy (non-hydrogen) atoms. The number of hydrogen-bond acceptors (Lipinski definition) is 3. The molecule has 2 N–H and O–H groups in total. The highest BCUT2D eigenvalue weighted by Gasteiger charge is 2.22. The largest absolute Gasteiger partial charge is 0.350 e. The van der Waals surface area contributed by atoms with Gasteiger partial charge in [0.25, 0.3) is 5.91 Å². The molecule has 142 valence electrons. The first-order valence-corrected chi connectivity index (χ1v) is 9.25. The number of hydrogen-bond donors (Lipinski definition) is 2. The quantitative estimate of drug-likeness (QED) is 0.561. The van der Waals surface area contributed by atoms with Gasteiger partial charge in [-0.3, -0.25) is 9.59 Å². The van der Waals surface area contributed by atoms with Crippen molar-refractivity contribution in [1.82, 2.24) is 0 Å². The van der Waals surface area contributed by atoms with Gasteiger partial charge in [-0.05, 0) is 42.5 Å². The van der Waals surface area contributed by atoms with E-state index in [1.807, 2.05) is 0 Å². The van der Waals surface area contributed by atoms with E-state index in [0.29, 0.717) is 26.4 Å². The van der Waals surface area contributed by atoms with Gasteiger partial charge in [0.05, 0.1) is 10.7 Å². The van der Waals surface area contributed by atoms with E-state index in [1.165, 1.54) is 6.08 Å². The second-order valence-electron chi connectivity index (χ2n) is 6.88. The van der Waals surface area contributed by atoms with E-state index in [1.54, 1.807) is 63.2 Å². The smallest absolute Gasteiger partial charge is 0.272 e. The summed E-state index contributed by atoms with van der Waals surface area (Å²) in [5.41, 5.74) is 0.425. The van der Waals surface area contributed by atoms with Gasteiger partial charge in [-0.25, -0.2) is 0 Å². The molecular formula is C20H19Cl3N2O2. The monoisotopic (exact) mass is 424 g/mol. The highest BCUT2D eigenvalue weighted by Crippen LogP contribution is 2.27. The van der Waals surface area contributed by atoms with Gasteiger partial charge in [-0.1, -0.05) is 55.6 Å². The number of amides is 1. The van der Waals surface area contributed by atoms with E-state index in [9.17, 15) is 9.59 Å². The third kappa shape index (κ3) is 6.28. The molecule has 0 saturated heterocycles. The second-order valence-corrected chi connectivity index (χ2v) is 8.16. The summed E-state index contributed by atoms with van der Waals surface area (Å²) in [5, 5.41) is 7.00. The molecule has 2 aromatic rings. The van der Waals surface area contributed by atoms with Crippen LogP contribution in [0.15, 0.2) is 54.2 Å². The summed E-state index contributed by atoms with van der Waals surface area (Å²) in [6.45, 7) is 5.32. The predicted molar refractivity (Wildman–Crippen MR) is 113 cm³/mol. The van der Waals surface area contributed by atoms with Crippen molar-refractivity contribution < 1.29 is 9.59 Å². The first-order chi connectivity index (χ1) is 12.6. The molecule has 0 heterocycles. The fraction of sp³-hybridized carbons (Fsp3) is 0.200. The third-order valence-electron chi connectivity index (χ3n) is 3.56. The maximum absolute atomic E-state index is 12.7. The van der Waals surface area contributed by atoms with Crippen LogP contribution in [0.5, 0.6) is 0 Å². The number of rotatable bonds is 5. The molecule has 0 aliphatic carbocycles. The predicted octanol–water partition coefficient (Wildman–Crippen LogP) is 6.20. The van der Waals surface area contributed by atoms with Crippen LogP contribution < -0.4 is 10.6 Å². The van der Waals surface area contributed by atoms with Gasteiger partial charge in [0.1, 0.15) is 5.70 Å². The van der Waals surface area contributed by atoms with Gasteiger partial charge in [0, 0.05) is 27.2 Å². The number of ketones is 1. The molecule has 0 saturated carbocycles. The number of allylic oxidation sites excluding steroid dienone is 1. The van der Waals surface area contributed by atoms with Crippen LogP contribution in [0, 0.1) is 5.41 Å². The van der Waals surface area contributed by atoms with Crippen LogP contribution in [-0.4, -0.2) is 11.7 Å². The molecule has 7 heteroatoms. The average Bonchev–Trinajstić information content (AvgIpc) is 2.57. The molecule has 0 fully saturated rings. The van der Waals surface area contributed by atoms with E-state index in [0.717, 1.165) is 0 Å². The summed E-state index contributed by atoms with van der Waals surface area (Å²) in [7, 11) is 0. The zero-order valence-electron chi connectivity index (χ0n) is 15.1. The van der Waals surface area contributed by atoms with E-state index in [-0.39, 0.29) is 11.5 Å². The first-order valence-electron chi connectivity index (χ1n) is 8.11. The Morgan fingerprint density at radius 1 is 0.889 bits per heavy atom. The van der Waals surface area contributed by atoms with Crippen LogP contribution in [0.2, 0.25) is 15.1 Å². The SMILES string of the molecule is CC(C)(C)C(=O)C=C(Nc1ccc(Cl)cc1Cl)C(=O)Nc1ccc(Cl)cc1. The Morgan fingerprint density at radius 2 is 1.48 bits per heavy atom. The number of benzene rings is 2. The zero-order valence-corrected chi connectivity index (χ0v) is 17.3. The van der Waals surface area contributed by atoms with Gasteiger partial charge >= 0.3 is 0 Å². The fourth-order valence-corrected chi connectivity index (χ4v) is 2.56. The Balaban J connectivity index is 2.33. The molecule has 2 aromatic carbocycles. The van der Waals surface area contributed by atoms with E-state index in [4.69, 9.17) is 34.8 Å². The number of halogens is 3. The number of nitrogens with one attached hydrogen (secondary N) is 2. The molecule has 0 bridgehead atoms. The Hall–Kier alpha value is -2.01. The van der Waals surface area contributed by atoms with Crippen molar-refractivity contribution in [3.63, 3.8) is 0 Å². The molecule has 0 unspecified atom stereocenters. The maximum atomic E-state index is 12.7. The van der Waals surface area contributed by atoms with Crippen molar-refractivity contribution in [3.8, 4) is 0 Å². The van der Waals surface area contributed by atoms with Crippen LogP contribution >= 0.6 is 34.8 Å². The lowest BCUT2D eigenvalue weighted by atomic mass is 9.90. The van der Waals surface area contributed by atoms with Crippen LogP contribution in [0.25, 0.3) is 0 Å². The molecular weight excluding hydrogens is 407 g/mol. The summed E-state index contributed by atoms with van der Waals surface area (Å²) < 4.78 is 0. The van der Waals surface area contributed by atoms with Crippen LogP contribution in [0.1, 0.15) is 20.8 Å². The average molecular weight is 426 g/mol. The summed E-state index contributed by atoms with van der Waals surface area (Å²) in [6.07, 6.45) is 1.27. The lowest BCUT2D eigenvalue weighted by molar-refractivity contribution is -0.122.